The van der Waals surface area contributed by atoms with Crippen LogP contribution in [0.3, 0.4) is 0 Å². The van der Waals surface area contributed by atoms with Crippen LogP contribution in [-0.4, -0.2) is 46.0 Å². The Labute approximate surface area is 206 Å². The molecule has 0 unspecified atom stereocenters. The van der Waals surface area contributed by atoms with E-state index in [0.29, 0.717) is 32.4 Å². The van der Waals surface area contributed by atoms with Crippen LogP contribution in [0.2, 0.25) is 0 Å². The van der Waals surface area contributed by atoms with Gasteiger partial charge in [0.1, 0.15) is 11.5 Å². The maximum atomic E-state index is 13.0. The number of aromatic nitrogens is 1. The van der Waals surface area contributed by atoms with Crippen molar-refractivity contribution in [1.82, 2.24) is 4.98 Å². The molecule has 4 rings (SSSR count). The number of sulfone groups is 1. The zero-order valence-electron chi connectivity index (χ0n) is 19.2. The molecule has 2 heterocycles. The molecule has 0 atom stereocenters. The van der Waals surface area contributed by atoms with Gasteiger partial charge in [-0.3, -0.25) is 0 Å². The molecule has 0 bridgehead atoms. The van der Waals surface area contributed by atoms with E-state index in [2.05, 4.69) is 0 Å². The summed E-state index contributed by atoms with van der Waals surface area (Å²) in [5.41, 5.74) is 0.837. The Kier molecular flexibility index (Phi) is 7.27. The van der Waals surface area contributed by atoms with E-state index < -0.39 is 26.8 Å². The van der Waals surface area contributed by atoms with Crippen LogP contribution in [-0.2, 0) is 22.4 Å². The fourth-order valence-electron chi connectivity index (χ4n) is 4.14. The summed E-state index contributed by atoms with van der Waals surface area (Å²) in [6.07, 6.45) is -3.40. The first kappa shape index (κ1) is 25.3. The minimum absolute atomic E-state index is 0.283. The van der Waals surface area contributed by atoms with Crippen LogP contribution in [0.4, 0.5) is 18.3 Å². The van der Waals surface area contributed by atoms with E-state index in [1.165, 1.54) is 17.4 Å². The maximum Gasteiger partial charge on any atom is 0.416 e. The summed E-state index contributed by atoms with van der Waals surface area (Å²) in [6.45, 7) is 0.913. The summed E-state index contributed by atoms with van der Waals surface area (Å²) in [4.78, 5) is 6.46. The third-order valence-electron chi connectivity index (χ3n) is 6.04. The molecule has 0 aliphatic carbocycles. The number of thiazole rings is 1. The summed E-state index contributed by atoms with van der Waals surface area (Å²) in [6, 6.07) is 9.55. The van der Waals surface area contributed by atoms with Crippen LogP contribution in [0, 0.1) is 0 Å². The van der Waals surface area contributed by atoms with Gasteiger partial charge in [0.25, 0.3) is 0 Å². The molecule has 0 amide bonds. The third kappa shape index (κ3) is 5.56. The van der Waals surface area contributed by atoms with E-state index in [1.807, 2.05) is 28.5 Å². The lowest BCUT2D eigenvalue weighted by Gasteiger charge is -2.31. The first-order valence-electron chi connectivity index (χ1n) is 10.9. The minimum atomic E-state index is -4.59. The van der Waals surface area contributed by atoms with E-state index in [1.54, 1.807) is 14.2 Å². The molecule has 1 saturated heterocycles. The third-order valence-corrected chi connectivity index (χ3v) is 9.25. The van der Waals surface area contributed by atoms with Crippen LogP contribution in [0.25, 0.3) is 0 Å². The zero-order chi connectivity index (χ0) is 25.2. The second kappa shape index (κ2) is 10.1. The van der Waals surface area contributed by atoms with Crippen molar-refractivity contribution in [3.05, 3.63) is 64.7 Å². The van der Waals surface area contributed by atoms with Crippen molar-refractivity contribution in [3.63, 3.8) is 0 Å². The number of anilines is 1. The molecule has 3 aromatic rings. The highest BCUT2D eigenvalue weighted by atomic mass is 32.2. The Balaban J connectivity index is 1.43. The largest absolute Gasteiger partial charge is 0.497 e. The van der Waals surface area contributed by atoms with Crippen molar-refractivity contribution < 1.29 is 31.1 Å². The molecule has 1 aromatic heterocycles. The molecule has 2 aromatic carbocycles. The first-order chi connectivity index (χ1) is 16.6. The highest BCUT2D eigenvalue weighted by molar-refractivity contribution is 7.92. The second-order valence-corrected chi connectivity index (χ2v) is 11.3. The van der Waals surface area contributed by atoms with Crippen LogP contribution < -0.4 is 14.4 Å². The first-order valence-corrected chi connectivity index (χ1v) is 13.4. The molecule has 0 spiro atoms. The maximum absolute atomic E-state index is 13.0. The topological polar surface area (TPSA) is 68.7 Å². The van der Waals surface area contributed by atoms with Crippen molar-refractivity contribution in [2.75, 3.05) is 32.2 Å². The predicted octanol–water partition coefficient (Wildman–Crippen LogP) is 5.21. The number of piperidine rings is 1. The van der Waals surface area contributed by atoms with E-state index >= 15 is 0 Å². The van der Waals surface area contributed by atoms with Crippen LogP contribution >= 0.6 is 11.3 Å². The Morgan fingerprint density at radius 1 is 1.09 bits per heavy atom. The molecule has 1 aliphatic rings. The van der Waals surface area contributed by atoms with Gasteiger partial charge >= 0.3 is 6.18 Å². The lowest BCUT2D eigenvalue weighted by molar-refractivity contribution is -0.137. The Morgan fingerprint density at radius 2 is 1.83 bits per heavy atom. The highest BCUT2D eigenvalue weighted by Crippen LogP contribution is 2.34. The smallest absolute Gasteiger partial charge is 0.416 e. The number of hydrogen-bond acceptors (Lipinski definition) is 7. The van der Waals surface area contributed by atoms with Gasteiger partial charge in [0.15, 0.2) is 15.0 Å². The van der Waals surface area contributed by atoms with Gasteiger partial charge in [-0.25, -0.2) is 13.4 Å². The normalized spacial score (nSPS) is 15.3. The van der Waals surface area contributed by atoms with Crippen molar-refractivity contribution in [1.29, 1.82) is 0 Å². The summed E-state index contributed by atoms with van der Waals surface area (Å²) < 4.78 is 75.9. The van der Waals surface area contributed by atoms with Gasteiger partial charge in [0.05, 0.1) is 35.6 Å². The van der Waals surface area contributed by atoms with Crippen molar-refractivity contribution in [2.24, 2.45) is 0 Å². The van der Waals surface area contributed by atoms with Gasteiger partial charge in [0, 0.05) is 30.5 Å². The van der Waals surface area contributed by atoms with Crippen LogP contribution in [0.1, 0.15) is 29.7 Å². The summed E-state index contributed by atoms with van der Waals surface area (Å²) in [7, 11) is -0.663. The van der Waals surface area contributed by atoms with Gasteiger partial charge in [0.2, 0.25) is 0 Å². The predicted molar refractivity (Wildman–Crippen MR) is 128 cm³/mol. The molecule has 0 saturated carbocycles. The van der Waals surface area contributed by atoms with Gasteiger partial charge < -0.3 is 14.4 Å². The Hall–Kier alpha value is -2.79. The number of nitrogens with zero attached hydrogens (tertiary/aromatic N) is 2. The van der Waals surface area contributed by atoms with Crippen molar-refractivity contribution in [2.45, 2.75) is 35.6 Å². The zero-order valence-corrected chi connectivity index (χ0v) is 20.8. The number of alkyl halides is 3. The monoisotopic (exact) mass is 526 g/mol. The molecule has 0 radical (unpaired) electrons. The van der Waals surface area contributed by atoms with Gasteiger partial charge in [-0.1, -0.05) is 6.07 Å². The number of ether oxygens (including phenoxy) is 2. The lowest BCUT2D eigenvalue weighted by atomic mass is 10.1. The van der Waals surface area contributed by atoms with Crippen molar-refractivity contribution in [3.8, 4) is 11.5 Å². The number of methoxy groups -OCH3 is 2. The second-order valence-electron chi connectivity index (χ2n) is 8.23. The van der Waals surface area contributed by atoms with Crippen molar-refractivity contribution >= 4 is 26.3 Å². The molecule has 188 valence electrons. The fraction of sp³-hybridized carbons (Fsp3) is 0.375. The molecule has 35 heavy (non-hydrogen) atoms. The number of benzene rings is 2. The van der Waals surface area contributed by atoms with E-state index in [-0.39, 0.29) is 4.90 Å². The van der Waals surface area contributed by atoms with E-state index in [9.17, 15) is 21.6 Å². The lowest BCUT2D eigenvalue weighted by Crippen LogP contribution is -2.39. The number of halogens is 3. The summed E-state index contributed by atoms with van der Waals surface area (Å²) in [5.74, 6) is 1.46. The Bertz CT molecular complexity index is 1280. The average molecular weight is 527 g/mol. The Morgan fingerprint density at radius 3 is 2.49 bits per heavy atom. The molecule has 6 nitrogen and oxygen atoms in total. The number of rotatable bonds is 7. The molecular weight excluding hydrogens is 501 g/mol. The molecule has 1 aliphatic heterocycles. The fourth-order valence-corrected chi connectivity index (χ4v) is 6.79. The highest BCUT2D eigenvalue weighted by Gasteiger charge is 2.35. The molecular formula is C24H25F3N2O4S2. The quantitative estimate of drug-likeness (QED) is 0.421. The van der Waals surface area contributed by atoms with Gasteiger partial charge in [-0.15, -0.1) is 11.3 Å². The van der Waals surface area contributed by atoms with Crippen LogP contribution in [0.15, 0.2) is 52.7 Å². The standard InChI is InChI=1S/C24H25F3N2O4S2/c1-32-19-6-7-22(33-2)16(13-19)12-18-15-34-23(28-18)29-10-8-20(9-11-29)35(30,31)21-5-3-4-17(14-21)24(25,26)27/h3-7,13-15,20H,8-12H2,1-2H3. The van der Waals surface area contributed by atoms with Gasteiger partial charge in [-0.05, 0) is 49.2 Å². The van der Waals surface area contributed by atoms with Crippen LogP contribution in [0.5, 0.6) is 11.5 Å². The van der Waals surface area contributed by atoms with E-state index in [4.69, 9.17) is 14.5 Å². The van der Waals surface area contributed by atoms with E-state index in [0.717, 1.165) is 46.1 Å². The SMILES string of the molecule is COc1ccc(OC)c(Cc2csc(N3CCC(S(=O)(=O)c4cccc(C(F)(F)F)c4)CC3)n2)c1. The molecule has 11 heteroatoms. The minimum Gasteiger partial charge on any atom is -0.497 e. The number of hydrogen-bond donors (Lipinski definition) is 0. The average Bonchev–Trinajstić information content (AvgIpc) is 3.32. The van der Waals surface area contributed by atoms with Gasteiger partial charge in [-0.2, -0.15) is 13.2 Å². The molecule has 0 N–H and O–H groups in total. The summed E-state index contributed by atoms with van der Waals surface area (Å²) >= 11 is 1.48. The summed E-state index contributed by atoms with van der Waals surface area (Å²) in [5, 5.41) is 2.01. The molecule has 1 fully saturated rings.